The molecular weight excluding hydrogens is 270 g/mol. The van der Waals surface area contributed by atoms with E-state index >= 15 is 0 Å². The van der Waals surface area contributed by atoms with Crippen molar-refractivity contribution in [3.05, 3.63) is 35.5 Å². The monoisotopic (exact) mass is 299 g/mol. The summed E-state index contributed by atoms with van der Waals surface area (Å²) in [6.07, 6.45) is 1.00. The second-order valence-corrected chi connectivity index (χ2v) is 8.09. The fourth-order valence-corrected chi connectivity index (χ4v) is 2.48. The summed E-state index contributed by atoms with van der Waals surface area (Å²) in [4.78, 5) is 4.90. The summed E-state index contributed by atoms with van der Waals surface area (Å²) in [6.45, 7) is 16.1. The molecule has 22 heavy (non-hydrogen) atoms. The van der Waals surface area contributed by atoms with Crippen molar-refractivity contribution in [1.29, 1.82) is 0 Å². The molecule has 0 amide bonds. The highest BCUT2D eigenvalue weighted by atomic mass is 16.5. The number of ether oxygens (including phenoxy) is 1. The number of benzene rings is 1. The summed E-state index contributed by atoms with van der Waals surface area (Å²) in [7, 11) is 0. The standard InChI is InChI=1S/C20H29NO/c1-8-11-22-17-13-14-12-15(19(2,3)4)9-10-16(14)21-18(17)20(5,6)7/h9-10,12-13H,8,11H2,1-7H3. The van der Waals surface area contributed by atoms with E-state index in [0.29, 0.717) is 0 Å². The number of nitrogens with zero attached hydrogens (tertiary/aromatic N) is 1. The van der Waals surface area contributed by atoms with Crippen molar-refractivity contribution in [2.75, 3.05) is 6.61 Å². The van der Waals surface area contributed by atoms with Crippen molar-refractivity contribution >= 4 is 10.9 Å². The molecule has 0 saturated heterocycles. The molecule has 2 aromatic rings. The summed E-state index contributed by atoms with van der Waals surface area (Å²) >= 11 is 0. The summed E-state index contributed by atoms with van der Waals surface area (Å²) in [6, 6.07) is 8.73. The van der Waals surface area contributed by atoms with Crippen LogP contribution in [0.25, 0.3) is 10.9 Å². The number of pyridine rings is 1. The van der Waals surface area contributed by atoms with Crippen LogP contribution in [-0.2, 0) is 10.8 Å². The zero-order valence-corrected chi connectivity index (χ0v) is 15.1. The van der Waals surface area contributed by atoms with E-state index in [1.807, 2.05) is 0 Å². The number of fused-ring (bicyclic) bond motifs is 1. The van der Waals surface area contributed by atoms with E-state index in [2.05, 4.69) is 72.7 Å². The molecule has 0 aliphatic rings. The number of rotatable bonds is 3. The van der Waals surface area contributed by atoms with E-state index in [-0.39, 0.29) is 10.8 Å². The van der Waals surface area contributed by atoms with Gasteiger partial charge in [-0.15, -0.1) is 0 Å². The Morgan fingerprint density at radius 2 is 1.64 bits per heavy atom. The Morgan fingerprint density at radius 3 is 2.18 bits per heavy atom. The van der Waals surface area contributed by atoms with E-state index in [1.165, 1.54) is 5.56 Å². The van der Waals surface area contributed by atoms with Gasteiger partial charge in [0, 0.05) is 10.8 Å². The smallest absolute Gasteiger partial charge is 0.141 e. The molecule has 0 atom stereocenters. The lowest BCUT2D eigenvalue weighted by Crippen LogP contribution is -2.16. The minimum absolute atomic E-state index is 0.0278. The lowest BCUT2D eigenvalue weighted by Gasteiger charge is -2.23. The molecule has 1 heterocycles. The minimum Gasteiger partial charge on any atom is -0.492 e. The van der Waals surface area contributed by atoms with E-state index in [1.54, 1.807) is 0 Å². The lowest BCUT2D eigenvalue weighted by atomic mass is 9.86. The van der Waals surface area contributed by atoms with Gasteiger partial charge in [0.05, 0.1) is 17.8 Å². The summed E-state index contributed by atoms with van der Waals surface area (Å²) in [5, 5.41) is 1.16. The molecule has 0 saturated carbocycles. The van der Waals surface area contributed by atoms with Crippen molar-refractivity contribution in [2.45, 2.75) is 65.7 Å². The topological polar surface area (TPSA) is 22.1 Å². The van der Waals surface area contributed by atoms with E-state index in [9.17, 15) is 0 Å². The second kappa shape index (κ2) is 5.91. The predicted molar refractivity (Wildman–Crippen MR) is 94.9 cm³/mol. The van der Waals surface area contributed by atoms with Gasteiger partial charge in [-0.1, -0.05) is 54.5 Å². The van der Waals surface area contributed by atoms with Gasteiger partial charge in [-0.25, -0.2) is 4.98 Å². The quantitative estimate of drug-likeness (QED) is 0.734. The summed E-state index contributed by atoms with van der Waals surface area (Å²) in [5.74, 6) is 0.924. The SMILES string of the molecule is CCCOc1cc2cc(C(C)(C)C)ccc2nc1C(C)(C)C. The molecule has 1 aromatic carbocycles. The van der Waals surface area contributed by atoms with Gasteiger partial charge in [-0.05, 0) is 35.6 Å². The number of hydrogen-bond acceptors (Lipinski definition) is 2. The maximum absolute atomic E-state index is 5.98. The van der Waals surface area contributed by atoms with Gasteiger partial charge in [-0.3, -0.25) is 0 Å². The van der Waals surface area contributed by atoms with Crippen LogP contribution in [0.15, 0.2) is 24.3 Å². The highest BCUT2D eigenvalue weighted by Gasteiger charge is 2.22. The summed E-state index contributed by atoms with van der Waals surface area (Å²) in [5.41, 5.74) is 3.52. The van der Waals surface area contributed by atoms with Crippen LogP contribution in [0.3, 0.4) is 0 Å². The summed E-state index contributed by atoms with van der Waals surface area (Å²) < 4.78 is 5.98. The molecular formula is C20H29NO. The molecule has 0 aliphatic heterocycles. The van der Waals surface area contributed by atoms with Gasteiger partial charge >= 0.3 is 0 Å². The van der Waals surface area contributed by atoms with Crippen LogP contribution in [0, 0.1) is 0 Å². The third kappa shape index (κ3) is 3.60. The first kappa shape index (κ1) is 16.8. The first-order valence-electron chi connectivity index (χ1n) is 8.21. The van der Waals surface area contributed by atoms with Gasteiger partial charge in [-0.2, -0.15) is 0 Å². The Morgan fingerprint density at radius 1 is 0.955 bits per heavy atom. The van der Waals surface area contributed by atoms with Gasteiger partial charge in [0.15, 0.2) is 0 Å². The second-order valence-electron chi connectivity index (χ2n) is 8.09. The fourth-order valence-electron chi connectivity index (χ4n) is 2.48. The first-order valence-corrected chi connectivity index (χ1v) is 8.21. The molecule has 2 rings (SSSR count). The van der Waals surface area contributed by atoms with Crippen molar-refractivity contribution in [3.8, 4) is 5.75 Å². The van der Waals surface area contributed by atoms with Crippen LogP contribution < -0.4 is 4.74 Å². The maximum Gasteiger partial charge on any atom is 0.141 e. The Hall–Kier alpha value is -1.57. The number of hydrogen-bond donors (Lipinski definition) is 0. The van der Waals surface area contributed by atoms with Crippen molar-refractivity contribution < 1.29 is 4.74 Å². The van der Waals surface area contributed by atoms with Crippen LogP contribution in [0.2, 0.25) is 0 Å². The van der Waals surface area contributed by atoms with Gasteiger partial charge in [0.2, 0.25) is 0 Å². The van der Waals surface area contributed by atoms with Crippen LogP contribution >= 0.6 is 0 Å². The zero-order chi connectivity index (χ0) is 16.5. The normalized spacial score (nSPS) is 12.7. The third-order valence-electron chi connectivity index (χ3n) is 3.82. The Bertz CT molecular complexity index is 660. The van der Waals surface area contributed by atoms with E-state index in [4.69, 9.17) is 9.72 Å². The van der Waals surface area contributed by atoms with E-state index < -0.39 is 0 Å². The highest BCUT2D eigenvalue weighted by Crippen LogP contribution is 2.34. The van der Waals surface area contributed by atoms with Gasteiger partial charge in [0.25, 0.3) is 0 Å². The molecule has 0 radical (unpaired) electrons. The van der Waals surface area contributed by atoms with Crippen LogP contribution in [0.4, 0.5) is 0 Å². The molecule has 2 nitrogen and oxygen atoms in total. The molecule has 1 aromatic heterocycles. The van der Waals surface area contributed by atoms with Crippen LogP contribution in [-0.4, -0.2) is 11.6 Å². The predicted octanol–water partition coefficient (Wildman–Crippen LogP) is 5.62. The van der Waals surface area contributed by atoms with Crippen molar-refractivity contribution in [3.63, 3.8) is 0 Å². The molecule has 0 fully saturated rings. The van der Waals surface area contributed by atoms with Crippen LogP contribution in [0.5, 0.6) is 5.75 Å². The zero-order valence-electron chi connectivity index (χ0n) is 15.1. The third-order valence-corrected chi connectivity index (χ3v) is 3.82. The Kier molecular flexibility index (Phi) is 4.51. The molecule has 0 spiro atoms. The molecule has 0 aliphatic carbocycles. The molecule has 120 valence electrons. The van der Waals surface area contributed by atoms with Gasteiger partial charge < -0.3 is 4.74 Å². The molecule has 0 N–H and O–H groups in total. The number of aromatic nitrogens is 1. The lowest BCUT2D eigenvalue weighted by molar-refractivity contribution is 0.306. The Labute approximate surface area is 134 Å². The Balaban J connectivity index is 2.61. The average molecular weight is 299 g/mol. The molecule has 0 unspecified atom stereocenters. The van der Waals surface area contributed by atoms with Crippen molar-refractivity contribution in [2.24, 2.45) is 0 Å². The largest absolute Gasteiger partial charge is 0.492 e. The average Bonchev–Trinajstić information content (AvgIpc) is 2.41. The van der Waals surface area contributed by atoms with Crippen LogP contribution in [0.1, 0.15) is 66.1 Å². The molecule has 0 bridgehead atoms. The first-order chi connectivity index (χ1) is 10.1. The van der Waals surface area contributed by atoms with Crippen molar-refractivity contribution in [1.82, 2.24) is 4.98 Å². The molecule has 2 heteroatoms. The fraction of sp³-hybridized carbons (Fsp3) is 0.550. The highest BCUT2D eigenvalue weighted by molar-refractivity contribution is 5.81. The minimum atomic E-state index is -0.0278. The van der Waals surface area contributed by atoms with Gasteiger partial charge in [0.1, 0.15) is 5.75 Å². The van der Waals surface area contributed by atoms with E-state index in [0.717, 1.165) is 35.4 Å². The maximum atomic E-state index is 5.98.